The molecule has 6 atom stereocenters. The zero-order valence-corrected chi connectivity index (χ0v) is 21.0. The van der Waals surface area contributed by atoms with Gasteiger partial charge in [-0.05, 0) is 30.5 Å². The van der Waals surface area contributed by atoms with Crippen LogP contribution >= 0.6 is 7.75 Å². The molecule has 0 saturated carbocycles. The van der Waals surface area contributed by atoms with Crippen LogP contribution in [0, 0.1) is 5.92 Å². The molecule has 0 amide bonds. The van der Waals surface area contributed by atoms with Gasteiger partial charge in [0.15, 0.2) is 6.23 Å². The molecule has 2 unspecified atom stereocenters. The third kappa shape index (κ3) is 6.90. The second kappa shape index (κ2) is 12.0. The summed E-state index contributed by atoms with van der Waals surface area (Å²) in [5, 5.41) is 23.6. The number of carbonyl (C=O) groups excluding carboxylic acids is 1. The number of rotatable bonds is 11. The zero-order chi connectivity index (χ0) is 26.5. The predicted octanol–water partition coefficient (Wildman–Crippen LogP) is 0.826. The number of esters is 1. The molecule has 2 aromatic rings. The molecule has 13 nitrogen and oxygen atoms in total. The highest BCUT2D eigenvalue weighted by atomic mass is 31.2. The molecule has 1 aromatic heterocycles. The number of aliphatic hydroxyl groups is 2. The standard InChI is InChI=1S/C22H31N4O9P/c1-13(2)11-15(21(29)32-3)25-36(31,35-14-7-5-4-6-8-14)33-12-16-18(27)19(28)20(34-16)26-10-9-17(23)24-22(26)30/h4-10,13,15-16,18-20,27-28H,11-12H2,1-3H3,(H,25,31)(H2,23,24,30)/t15-,16+,18?,19+,20+,36?/m0/s1. The van der Waals surface area contributed by atoms with Gasteiger partial charge in [0.1, 0.15) is 35.9 Å². The average molecular weight is 526 g/mol. The topological polar surface area (TPSA) is 184 Å². The van der Waals surface area contributed by atoms with Crippen molar-refractivity contribution >= 4 is 19.5 Å². The van der Waals surface area contributed by atoms with Crippen molar-refractivity contribution in [2.24, 2.45) is 5.92 Å². The first kappa shape index (κ1) is 27.8. The van der Waals surface area contributed by atoms with Gasteiger partial charge in [0, 0.05) is 6.20 Å². The Bertz CT molecular complexity index is 1130. The van der Waals surface area contributed by atoms with Crippen LogP contribution in [-0.2, 0) is 23.4 Å². The Morgan fingerprint density at radius 2 is 1.94 bits per heavy atom. The molecule has 2 heterocycles. The van der Waals surface area contributed by atoms with E-state index in [1.54, 1.807) is 30.3 Å². The molecule has 0 aliphatic carbocycles. The lowest BCUT2D eigenvalue weighted by molar-refractivity contribution is -0.143. The summed E-state index contributed by atoms with van der Waals surface area (Å²) in [6.07, 6.45) is -3.98. The van der Waals surface area contributed by atoms with E-state index in [4.69, 9.17) is 24.3 Å². The molecule has 0 spiro atoms. The minimum Gasteiger partial charge on any atom is -0.468 e. The highest BCUT2D eigenvalue weighted by Gasteiger charge is 2.46. The summed E-state index contributed by atoms with van der Waals surface area (Å²) in [5.74, 6) is -0.441. The third-order valence-corrected chi connectivity index (χ3v) is 6.92. The van der Waals surface area contributed by atoms with Gasteiger partial charge < -0.3 is 29.9 Å². The van der Waals surface area contributed by atoms with E-state index in [2.05, 4.69) is 10.1 Å². The smallest absolute Gasteiger partial charge is 0.459 e. The van der Waals surface area contributed by atoms with Crippen molar-refractivity contribution in [1.82, 2.24) is 14.6 Å². The number of anilines is 1. The van der Waals surface area contributed by atoms with Gasteiger partial charge in [-0.3, -0.25) is 13.9 Å². The lowest BCUT2D eigenvalue weighted by atomic mass is 10.1. The summed E-state index contributed by atoms with van der Waals surface area (Å²) >= 11 is 0. The number of benzene rings is 1. The first-order valence-corrected chi connectivity index (χ1v) is 12.8. The summed E-state index contributed by atoms with van der Waals surface area (Å²) in [5.41, 5.74) is 4.70. The molecular weight excluding hydrogens is 495 g/mol. The molecule has 14 heteroatoms. The van der Waals surface area contributed by atoms with Gasteiger partial charge in [-0.25, -0.2) is 9.36 Å². The number of hydrogen-bond acceptors (Lipinski definition) is 11. The number of nitrogens with two attached hydrogens (primary N) is 1. The largest absolute Gasteiger partial charge is 0.468 e. The van der Waals surface area contributed by atoms with Crippen LogP contribution in [0.5, 0.6) is 5.75 Å². The maximum Gasteiger partial charge on any atom is 0.459 e. The molecule has 3 rings (SSSR count). The lowest BCUT2D eigenvalue weighted by Crippen LogP contribution is -2.39. The Morgan fingerprint density at radius 1 is 1.25 bits per heavy atom. The van der Waals surface area contributed by atoms with Crippen LogP contribution in [0.25, 0.3) is 0 Å². The summed E-state index contributed by atoms with van der Waals surface area (Å²) in [7, 11) is -3.04. The monoisotopic (exact) mass is 526 g/mol. The molecule has 1 aliphatic rings. The SMILES string of the molecule is COC(=O)[C@H](CC(C)C)NP(=O)(OC[C@H]1O[C@@H](n2ccc(N)nc2=O)[C@H](O)C1O)Oc1ccccc1. The normalized spacial score (nSPS) is 24.3. The highest BCUT2D eigenvalue weighted by Crippen LogP contribution is 2.46. The summed E-state index contributed by atoms with van der Waals surface area (Å²) in [6.45, 7) is 3.23. The van der Waals surface area contributed by atoms with Gasteiger partial charge in [0.2, 0.25) is 0 Å². The highest BCUT2D eigenvalue weighted by molar-refractivity contribution is 7.52. The number of nitrogens with one attached hydrogen (secondary N) is 1. The second-order valence-corrected chi connectivity index (χ2v) is 10.3. The van der Waals surface area contributed by atoms with Crippen LogP contribution in [0.15, 0.2) is 47.4 Å². The van der Waals surface area contributed by atoms with Crippen molar-refractivity contribution in [2.45, 2.75) is 50.8 Å². The van der Waals surface area contributed by atoms with Crippen molar-refractivity contribution in [3.63, 3.8) is 0 Å². The lowest BCUT2D eigenvalue weighted by Gasteiger charge is -2.26. The maximum atomic E-state index is 13.7. The number of methoxy groups -OCH3 is 1. The van der Waals surface area contributed by atoms with Crippen LogP contribution in [0.3, 0.4) is 0 Å². The molecular formula is C22H31N4O9P. The number of aliphatic hydroxyl groups excluding tert-OH is 2. The van der Waals surface area contributed by atoms with E-state index in [1.807, 2.05) is 13.8 Å². The van der Waals surface area contributed by atoms with Gasteiger partial charge in [-0.2, -0.15) is 10.1 Å². The van der Waals surface area contributed by atoms with Crippen LogP contribution in [-0.4, -0.2) is 63.8 Å². The summed E-state index contributed by atoms with van der Waals surface area (Å²) < 4.78 is 36.4. The molecule has 198 valence electrons. The quantitative estimate of drug-likeness (QED) is 0.239. The first-order chi connectivity index (χ1) is 17.0. The predicted molar refractivity (Wildman–Crippen MR) is 128 cm³/mol. The van der Waals surface area contributed by atoms with E-state index < -0.39 is 56.6 Å². The number of nitrogens with zero attached hydrogens (tertiary/aromatic N) is 2. The number of nitrogen functional groups attached to an aromatic ring is 1. The fourth-order valence-electron chi connectivity index (χ4n) is 3.60. The molecule has 36 heavy (non-hydrogen) atoms. The maximum absolute atomic E-state index is 13.7. The number of hydrogen-bond donors (Lipinski definition) is 4. The summed E-state index contributed by atoms with van der Waals surface area (Å²) in [4.78, 5) is 28.1. The van der Waals surface area contributed by atoms with Crippen LogP contribution in [0.4, 0.5) is 5.82 Å². The van der Waals surface area contributed by atoms with Crippen molar-refractivity contribution < 1.29 is 38.1 Å². The van der Waals surface area contributed by atoms with Crippen molar-refractivity contribution in [3.8, 4) is 5.75 Å². The molecule has 1 saturated heterocycles. The van der Waals surface area contributed by atoms with Crippen LogP contribution in [0.1, 0.15) is 26.5 Å². The van der Waals surface area contributed by atoms with Gasteiger partial charge in [0.05, 0.1) is 13.7 Å². The minimum absolute atomic E-state index is 0.0178. The van der Waals surface area contributed by atoms with Crippen molar-refractivity contribution in [1.29, 1.82) is 0 Å². The van der Waals surface area contributed by atoms with Gasteiger partial charge in [0.25, 0.3) is 0 Å². The van der Waals surface area contributed by atoms with Gasteiger partial charge >= 0.3 is 19.4 Å². The Balaban J connectivity index is 1.80. The fraction of sp³-hybridized carbons (Fsp3) is 0.500. The van der Waals surface area contributed by atoms with E-state index in [9.17, 15) is 24.4 Å². The molecule has 0 radical (unpaired) electrons. The van der Waals surface area contributed by atoms with Crippen molar-refractivity contribution in [2.75, 3.05) is 19.5 Å². The van der Waals surface area contributed by atoms with Gasteiger partial charge in [-0.1, -0.05) is 32.0 Å². The van der Waals surface area contributed by atoms with Gasteiger partial charge in [-0.15, -0.1) is 0 Å². The van der Waals surface area contributed by atoms with E-state index in [0.29, 0.717) is 0 Å². The average Bonchev–Trinajstić information content (AvgIpc) is 3.11. The number of ether oxygens (including phenoxy) is 2. The van der Waals surface area contributed by atoms with Crippen LogP contribution in [0.2, 0.25) is 0 Å². The Labute approximate surface area is 207 Å². The Kier molecular flexibility index (Phi) is 9.23. The zero-order valence-electron chi connectivity index (χ0n) is 20.1. The summed E-state index contributed by atoms with van der Waals surface area (Å²) in [6, 6.07) is 8.48. The van der Waals surface area contributed by atoms with E-state index in [1.165, 1.54) is 19.4 Å². The first-order valence-electron chi connectivity index (χ1n) is 11.2. The molecule has 5 N–H and O–H groups in total. The second-order valence-electron chi connectivity index (χ2n) is 8.62. The molecule has 1 aliphatic heterocycles. The molecule has 1 aromatic carbocycles. The fourth-order valence-corrected chi connectivity index (χ4v) is 5.12. The van der Waals surface area contributed by atoms with E-state index in [0.717, 1.165) is 4.57 Å². The van der Waals surface area contributed by atoms with Crippen molar-refractivity contribution in [3.05, 3.63) is 53.1 Å². The Morgan fingerprint density at radius 3 is 2.56 bits per heavy atom. The number of para-hydroxylation sites is 1. The molecule has 0 bridgehead atoms. The third-order valence-electron chi connectivity index (χ3n) is 5.35. The molecule has 1 fully saturated rings. The van der Waals surface area contributed by atoms with E-state index >= 15 is 0 Å². The Hall–Kier alpha value is -2.80. The number of aromatic nitrogens is 2. The van der Waals surface area contributed by atoms with E-state index in [-0.39, 0.29) is 23.9 Å². The minimum atomic E-state index is -4.25. The number of carbonyl (C=O) groups is 1. The van der Waals surface area contributed by atoms with Crippen LogP contribution < -0.4 is 21.0 Å².